The van der Waals surface area contributed by atoms with E-state index in [4.69, 9.17) is 5.11 Å². The van der Waals surface area contributed by atoms with Crippen molar-refractivity contribution in [2.75, 3.05) is 13.7 Å². The number of ether oxygens (including phenoxy) is 1. The maximum atomic E-state index is 11.0. The molecule has 0 radical (unpaired) electrons. The minimum Gasteiger partial charge on any atom is -0.428 e. The van der Waals surface area contributed by atoms with Crippen molar-refractivity contribution in [1.29, 1.82) is 0 Å². The summed E-state index contributed by atoms with van der Waals surface area (Å²) in [5.74, 6) is -2.40. The third-order valence-electron chi connectivity index (χ3n) is 1.49. The molecule has 7 heteroatoms. The van der Waals surface area contributed by atoms with Crippen LogP contribution in [-0.4, -0.2) is 47.0 Å². The lowest BCUT2D eigenvalue weighted by Crippen LogP contribution is -2.31. The van der Waals surface area contributed by atoms with E-state index in [1.807, 2.05) is 0 Å². The molecule has 0 saturated heterocycles. The Morgan fingerprint density at radius 3 is 2.53 bits per heavy atom. The fraction of sp³-hybridized carbons (Fsp3) is 0.500. The predicted molar refractivity (Wildman–Crippen MR) is 47.5 cm³/mol. The summed E-state index contributed by atoms with van der Waals surface area (Å²) in [5, 5.41) is 9.86. The van der Waals surface area contributed by atoms with Gasteiger partial charge in [-0.1, -0.05) is 0 Å². The van der Waals surface area contributed by atoms with E-state index in [0.29, 0.717) is 6.67 Å². The van der Waals surface area contributed by atoms with Crippen molar-refractivity contribution < 1.29 is 24.3 Å². The second kappa shape index (κ2) is 4.65. The topological polar surface area (TPSA) is 79.3 Å². The minimum atomic E-state index is -1.33. The minimum absolute atomic E-state index is 0.341. The van der Waals surface area contributed by atoms with E-state index in [1.165, 1.54) is 18.2 Å². The number of rotatable bonds is 2. The summed E-state index contributed by atoms with van der Waals surface area (Å²) in [6, 6.07) is 0. The van der Waals surface area contributed by atoms with E-state index >= 15 is 0 Å². The zero-order valence-corrected chi connectivity index (χ0v) is 8.41. The first kappa shape index (κ1) is 11.3. The number of hydroxylamine groups is 2. The molecular formula is C8H12N2O5. The molecule has 1 aliphatic heterocycles. The highest BCUT2D eigenvalue weighted by atomic mass is 16.7. The lowest BCUT2D eigenvalue weighted by atomic mass is 10.6. The van der Waals surface area contributed by atoms with Gasteiger partial charge in [0, 0.05) is 13.2 Å². The van der Waals surface area contributed by atoms with Crippen LogP contribution in [0.2, 0.25) is 0 Å². The molecule has 0 spiro atoms. The molecule has 0 bridgehead atoms. The van der Waals surface area contributed by atoms with Crippen LogP contribution in [0.15, 0.2) is 12.4 Å². The van der Waals surface area contributed by atoms with Gasteiger partial charge >= 0.3 is 11.9 Å². The number of hydrogen-bond acceptors (Lipinski definition) is 7. The molecule has 1 atom stereocenters. The number of hydrogen-bond donors (Lipinski definition) is 1. The SMILES string of the molecule is CC(O)OC(=O)C(=O)ON1C=CN(C)C1. The van der Waals surface area contributed by atoms with Gasteiger partial charge in [-0.05, 0) is 6.92 Å². The highest BCUT2D eigenvalue weighted by molar-refractivity contribution is 6.29. The summed E-state index contributed by atoms with van der Waals surface area (Å²) < 4.78 is 4.23. The van der Waals surface area contributed by atoms with Gasteiger partial charge in [0.05, 0.1) is 6.20 Å². The van der Waals surface area contributed by atoms with Crippen LogP contribution in [0.4, 0.5) is 0 Å². The molecule has 1 rings (SSSR count). The molecule has 0 amide bonds. The van der Waals surface area contributed by atoms with Gasteiger partial charge in [0.2, 0.25) is 0 Å². The van der Waals surface area contributed by atoms with Crippen LogP contribution in [0, 0.1) is 0 Å². The van der Waals surface area contributed by atoms with Crippen LogP contribution >= 0.6 is 0 Å². The number of carbonyl (C=O) groups is 2. The molecule has 1 N–H and O–H groups in total. The zero-order valence-electron chi connectivity index (χ0n) is 8.41. The number of aliphatic hydroxyl groups excluding tert-OH is 1. The molecule has 0 aromatic carbocycles. The van der Waals surface area contributed by atoms with Gasteiger partial charge in [0.15, 0.2) is 6.29 Å². The standard InChI is InChI=1S/C8H12N2O5/c1-6(11)14-7(12)8(13)15-10-4-3-9(2)5-10/h3-4,6,11H,5H2,1-2H3. The molecule has 0 aromatic rings. The fourth-order valence-electron chi connectivity index (χ4n) is 0.908. The van der Waals surface area contributed by atoms with E-state index in [-0.39, 0.29) is 0 Å². The number of carbonyl (C=O) groups excluding carboxylic acids is 2. The van der Waals surface area contributed by atoms with Crippen LogP contribution in [0.3, 0.4) is 0 Å². The largest absolute Gasteiger partial charge is 0.441 e. The molecule has 15 heavy (non-hydrogen) atoms. The van der Waals surface area contributed by atoms with Crippen molar-refractivity contribution in [2.45, 2.75) is 13.2 Å². The van der Waals surface area contributed by atoms with E-state index in [0.717, 1.165) is 0 Å². The fourth-order valence-corrected chi connectivity index (χ4v) is 0.908. The van der Waals surface area contributed by atoms with Gasteiger partial charge in [0.25, 0.3) is 0 Å². The van der Waals surface area contributed by atoms with Crippen LogP contribution in [0.5, 0.6) is 0 Å². The van der Waals surface area contributed by atoms with Gasteiger partial charge in [-0.25, -0.2) is 9.59 Å². The molecule has 0 saturated carbocycles. The van der Waals surface area contributed by atoms with E-state index < -0.39 is 18.2 Å². The molecule has 1 unspecified atom stereocenters. The molecule has 1 aliphatic rings. The van der Waals surface area contributed by atoms with Crippen molar-refractivity contribution in [2.24, 2.45) is 0 Å². The molecule has 0 fully saturated rings. The van der Waals surface area contributed by atoms with Crippen molar-refractivity contribution in [3.05, 3.63) is 12.4 Å². The molecule has 7 nitrogen and oxygen atoms in total. The Hall–Kier alpha value is -1.76. The van der Waals surface area contributed by atoms with Crippen molar-refractivity contribution in [1.82, 2.24) is 9.96 Å². The van der Waals surface area contributed by atoms with Crippen LogP contribution in [-0.2, 0) is 19.2 Å². The summed E-state index contributed by atoms with van der Waals surface area (Å²) in [6.07, 6.45) is 1.84. The Kier molecular flexibility index (Phi) is 3.51. The smallest absolute Gasteiger partial charge is 0.428 e. The monoisotopic (exact) mass is 216 g/mol. The molecule has 0 aliphatic carbocycles. The highest BCUT2D eigenvalue weighted by Gasteiger charge is 2.23. The second-order valence-electron chi connectivity index (χ2n) is 3.00. The quantitative estimate of drug-likeness (QED) is 0.360. The molecular weight excluding hydrogens is 204 g/mol. The Labute approximate surface area is 86.4 Å². The van der Waals surface area contributed by atoms with E-state index in [9.17, 15) is 9.59 Å². The molecule has 1 heterocycles. The average Bonchev–Trinajstić information content (AvgIpc) is 2.50. The summed E-state index contributed by atoms with van der Waals surface area (Å²) in [4.78, 5) is 28.3. The average molecular weight is 216 g/mol. The number of aliphatic hydroxyl groups is 1. The first-order valence-corrected chi connectivity index (χ1v) is 4.25. The van der Waals surface area contributed by atoms with Gasteiger partial charge in [-0.3, -0.25) is 0 Å². The second-order valence-corrected chi connectivity index (χ2v) is 3.00. The lowest BCUT2D eigenvalue weighted by Gasteiger charge is -2.16. The third kappa shape index (κ3) is 3.47. The van der Waals surface area contributed by atoms with Gasteiger partial charge in [-0.2, -0.15) is 5.06 Å². The van der Waals surface area contributed by atoms with Gasteiger partial charge in [0.1, 0.15) is 6.67 Å². The van der Waals surface area contributed by atoms with Gasteiger partial charge < -0.3 is 19.6 Å². The van der Waals surface area contributed by atoms with Crippen LogP contribution < -0.4 is 0 Å². The lowest BCUT2D eigenvalue weighted by molar-refractivity contribution is -0.200. The highest BCUT2D eigenvalue weighted by Crippen LogP contribution is 2.04. The van der Waals surface area contributed by atoms with E-state index in [1.54, 1.807) is 18.1 Å². The first-order valence-electron chi connectivity index (χ1n) is 4.25. The molecule has 84 valence electrons. The Balaban J connectivity index is 2.36. The predicted octanol–water partition coefficient (Wildman–Crippen LogP) is -0.998. The van der Waals surface area contributed by atoms with Crippen LogP contribution in [0.1, 0.15) is 6.92 Å². The van der Waals surface area contributed by atoms with Crippen molar-refractivity contribution in [3.63, 3.8) is 0 Å². The van der Waals surface area contributed by atoms with Gasteiger partial charge in [-0.15, -0.1) is 0 Å². The summed E-state index contributed by atoms with van der Waals surface area (Å²) in [7, 11) is 1.78. The normalized spacial score (nSPS) is 16.5. The van der Waals surface area contributed by atoms with Crippen LogP contribution in [0.25, 0.3) is 0 Å². The Bertz CT molecular complexity index is 289. The Morgan fingerprint density at radius 1 is 1.40 bits per heavy atom. The van der Waals surface area contributed by atoms with E-state index in [2.05, 4.69) is 9.57 Å². The summed E-state index contributed by atoms with van der Waals surface area (Å²) >= 11 is 0. The number of nitrogens with zero attached hydrogens (tertiary/aromatic N) is 2. The summed E-state index contributed by atoms with van der Waals surface area (Å²) in [6.45, 7) is 1.56. The number of esters is 1. The summed E-state index contributed by atoms with van der Waals surface area (Å²) in [5.41, 5.74) is 0. The maximum Gasteiger partial charge on any atom is 0.441 e. The Morgan fingerprint density at radius 2 is 2.07 bits per heavy atom. The first-order chi connectivity index (χ1) is 6.99. The maximum absolute atomic E-state index is 11.0. The molecule has 0 aromatic heterocycles. The zero-order chi connectivity index (χ0) is 11.4. The van der Waals surface area contributed by atoms with Crippen molar-refractivity contribution >= 4 is 11.9 Å². The third-order valence-corrected chi connectivity index (χ3v) is 1.49. The van der Waals surface area contributed by atoms with Crippen molar-refractivity contribution in [3.8, 4) is 0 Å².